The zero-order valence-corrected chi connectivity index (χ0v) is 34.8. The summed E-state index contributed by atoms with van der Waals surface area (Å²) in [5, 5.41) is 13.2. The summed E-state index contributed by atoms with van der Waals surface area (Å²) in [6, 6.07) is 8.10. The van der Waals surface area contributed by atoms with Crippen molar-refractivity contribution in [1.82, 2.24) is 25.4 Å². The Balaban J connectivity index is 0.794. The number of piperidine rings is 1. The van der Waals surface area contributed by atoms with Crippen LogP contribution in [0.2, 0.25) is 5.02 Å². The molecule has 4 aromatic rings. The number of aryl methyl sites for hydroxylation is 1. The number of thioether (sulfide) groups is 1. The molecule has 21 heteroatoms. The van der Waals surface area contributed by atoms with Crippen molar-refractivity contribution in [3.63, 3.8) is 0 Å². The molecule has 5 amide bonds. The van der Waals surface area contributed by atoms with E-state index in [2.05, 4.69) is 25.8 Å². The molecule has 1 fully saturated rings. The Morgan fingerprint density at radius 3 is 2.32 bits per heavy atom. The van der Waals surface area contributed by atoms with Crippen LogP contribution in [-0.2, 0) is 28.5 Å². The lowest BCUT2D eigenvalue weighted by Gasteiger charge is -2.27. The maximum atomic E-state index is 15.2. The summed E-state index contributed by atoms with van der Waals surface area (Å²) in [6.07, 6.45) is 1.46. The Kier molecular flexibility index (Phi) is 15.9. The topological polar surface area (TPSA) is 207 Å². The number of halogens is 2. The van der Waals surface area contributed by atoms with Crippen molar-refractivity contribution in [2.24, 2.45) is 0 Å². The lowest BCUT2D eigenvalue weighted by atomic mass is 9.98. The number of anilines is 1. The first-order valence-electron chi connectivity index (χ1n) is 18.6. The monoisotopic (exact) mass is 886 g/mol. The Hall–Kier alpha value is -5.09. The highest BCUT2D eigenvalue weighted by Gasteiger charge is 2.46. The van der Waals surface area contributed by atoms with Crippen LogP contribution in [0.4, 0.5) is 9.52 Å². The van der Waals surface area contributed by atoms with Crippen molar-refractivity contribution in [1.29, 1.82) is 0 Å². The number of methoxy groups -OCH3 is 1. The maximum Gasteiger partial charge on any atom is 0.266 e. The summed E-state index contributed by atoms with van der Waals surface area (Å²) < 4.78 is 49.1. The third kappa shape index (κ3) is 11.0. The van der Waals surface area contributed by atoms with Gasteiger partial charge in [-0.2, -0.15) is 0 Å². The molecule has 1 atom stereocenters. The summed E-state index contributed by atoms with van der Waals surface area (Å²) in [6.45, 7) is 4.57. The average Bonchev–Trinajstić information content (AvgIpc) is 3.78. The van der Waals surface area contributed by atoms with Gasteiger partial charge in [0, 0.05) is 29.6 Å². The molecular formula is C39H40ClFN6O11S2. The Labute approximate surface area is 356 Å². The molecule has 6 rings (SSSR count). The molecular weight excluding hydrogens is 847 g/mol. The van der Waals surface area contributed by atoms with E-state index in [0.29, 0.717) is 62.0 Å². The number of pyridine rings is 1. The highest BCUT2D eigenvalue weighted by Crippen LogP contribution is 2.39. The molecule has 2 N–H and O–H groups in total. The summed E-state index contributed by atoms with van der Waals surface area (Å²) >= 11 is 8.65. The van der Waals surface area contributed by atoms with Crippen LogP contribution < -0.4 is 20.1 Å². The number of nitrogens with one attached hydrogen (secondary N) is 2. The highest BCUT2D eigenvalue weighted by atomic mass is 35.5. The molecule has 0 radical (unpaired) electrons. The van der Waals surface area contributed by atoms with Crippen molar-refractivity contribution in [3.05, 3.63) is 75.8 Å². The second kappa shape index (κ2) is 21.4. The SMILES string of the molecule is COc1ccc(Cl)c(F)c1-c1cc(C)ncc1C(=O)Nc1nnc(SCCOCCOCCOCCOCCOc2cccc3c2C(=O)N(C2CCC(=O)NC2=O)C3=O)s1. The summed E-state index contributed by atoms with van der Waals surface area (Å²) in [5.74, 6) is -2.61. The molecule has 2 aliphatic rings. The van der Waals surface area contributed by atoms with Gasteiger partial charge in [0.15, 0.2) is 10.2 Å². The van der Waals surface area contributed by atoms with Crippen molar-refractivity contribution in [2.75, 3.05) is 77.6 Å². The van der Waals surface area contributed by atoms with Crippen LogP contribution in [0.15, 0.2) is 46.9 Å². The van der Waals surface area contributed by atoms with Crippen molar-refractivity contribution >= 4 is 69.4 Å². The first-order chi connectivity index (χ1) is 29.1. The minimum Gasteiger partial charge on any atom is -0.496 e. The van der Waals surface area contributed by atoms with Gasteiger partial charge in [0.2, 0.25) is 16.9 Å². The van der Waals surface area contributed by atoms with Gasteiger partial charge in [0.05, 0.1) is 87.2 Å². The van der Waals surface area contributed by atoms with E-state index in [1.807, 2.05) is 0 Å². The van der Waals surface area contributed by atoms with E-state index in [-0.39, 0.29) is 75.5 Å². The van der Waals surface area contributed by atoms with Gasteiger partial charge in [-0.25, -0.2) is 4.39 Å². The maximum absolute atomic E-state index is 15.2. The molecule has 4 heterocycles. The van der Waals surface area contributed by atoms with Crippen LogP contribution in [0, 0.1) is 12.7 Å². The van der Waals surface area contributed by atoms with Crippen LogP contribution in [0.25, 0.3) is 11.1 Å². The Morgan fingerprint density at radius 2 is 1.62 bits per heavy atom. The number of nitrogens with zero attached hydrogens (tertiary/aromatic N) is 4. The zero-order chi connectivity index (χ0) is 42.6. The van der Waals surface area contributed by atoms with Gasteiger partial charge in [-0.1, -0.05) is 40.8 Å². The number of ether oxygens (including phenoxy) is 6. The third-order valence-electron chi connectivity index (χ3n) is 8.94. The normalized spacial score (nSPS) is 15.0. The largest absolute Gasteiger partial charge is 0.496 e. The molecule has 318 valence electrons. The lowest BCUT2D eigenvalue weighted by Crippen LogP contribution is -2.54. The molecule has 2 aromatic carbocycles. The van der Waals surface area contributed by atoms with E-state index >= 15 is 4.39 Å². The summed E-state index contributed by atoms with van der Waals surface area (Å²) in [7, 11) is 1.40. The molecule has 0 spiro atoms. The summed E-state index contributed by atoms with van der Waals surface area (Å²) in [5.41, 5.74) is 1.22. The number of hydrogen-bond acceptors (Lipinski definition) is 16. The lowest BCUT2D eigenvalue weighted by molar-refractivity contribution is -0.136. The molecule has 0 saturated carbocycles. The zero-order valence-electron chi connectivity index (χ0n) is 32.5. The fraction of sp³-hybridized carbons (Fsp3) is 0.385. The van der Waals surface area contributed by atoms with Gasteiger partial charge in [-0.3, -0.25) is 44.5 Å². The molecule has 2 aromatic heterocycles. The van der Waals surface area contributed by atoms with Crippen LogP contribution in [-0.4, -0.2) is 128 Å². The number of carbonyl (C=O) groups excluding carboxylic acids is 5. The number of amides is 5. The second-order valence-electron chi connectivity index (χ2n) is 12.9. The fourth-order valence-corrected chi connectivity index (χ4v) is 7.98. The summed E-state index contributed by atoms with van der Waals surface area (Å²) in [4.78, 5) is 68.3. The number of fused-ring (bicyclic) bond motifs is 1. The first-order valence-corrected chi connectivity index (χ1v) is 20.8. The quantitative estimate of drug-likeness (QED) is 0.0479. The fourth-order valence-electron chi connectivity index (χ4n) is 6.15. The van der Waals surface area contributed by atoms with Crippen LogP contribution >= 0.6 is 34.7 Å². The predicted octanol–water partition coefficient (Wildman–Crippen LogP) is 4.60. The van der Waals surface area contributed by atoms with Crippen molar-refractivity contribution < 1.29 is 56.8 Å². The van der Waals surface area contributed by atoms with Gasteiger partial charge in [-0.05, 0) is 43.7 Å². The van der Waals surface area contributed by atoms with Crippen molar-refractivity contribution in [2.45, 2.75) is 30.1 Å². The van der Waals surface area contributed by atoms with Crippen molar-refractivity contribution in [3.8, 4) is 22.6 Å². The number of hydrogen-bond donors (Lipinski definition) is 2. The molecule has 60 heavy (non-hydrogen) atoms. The van der Waals surface area contributed by atoms with Gasteiger partial charge in [-0.15, -0.1) is 10.2 Å². The first kappa shape index (κ1) is 44.5. The van der Waals surface area contributed by atoms with E-state index in [1.165, 1.54) is 54.6 Å². The standard InChI is InChI=1S/C39H40ClFN6O11S2/c1-22-20-24(31-28(53-2)8-6-26(40)33(31)41)25(21-42-22)34(49)44-38-45-46-39(60-38)59-19-18-57-15-14-55-11-10-54-12-13-56-16-17-58-29-5-3-4-23-32(29)37(52)47(36(23)51)27-7-9-30(48)43-35(27)50/h3-6,8,20-21,27H,7,9-19H2,1-2H3,(H,43,48,50)(H,44,45,49). The Bertz CT molecular complexity index is 2230. The Morgan fingerprint density at radius 1 is 0.917 bits per heavy atom. The molecule has 0 bridgehead atoms. The number of aromatic nitrogens is 3. The van der Waals surface area contributed by atoms with Gasteiger partial charge >= 0.3 is 0 Å². The molecule has 1 saturated heterocycles. The van der Waals surface area contributed by atoms with E-state index in [9.17, 15) is 24.0 Å². The molecule has 2 aliphatic heterocycles. The van der Waals surface area contributed by atoms with Crippen LogP contribution in [0.3, 0.4) is 0 Å². The van der Waals surface area contributed by atoms with Gasteiger partial charge < -0.3 is 28.4 Å². The number of benzene rings is 2. The smallest absolute Gasteiger partial charge is 0.266 e. The van der Waals surface area contributed by atoms with E-state index < -0.39 is 41.4 Å². The van der Waals surface area contributed by atoms with E-state index in [0.717, 1.165) is 4.90 Å². The predicted molar refractivity (Wildman–Crippen MR) is 216 cm³/mol. The van der Waals surface area contributed by atoms with Crippen LogP contribution in [0.5, 0.6) is 11.5 Å². The average molecular weight is 887 g/mol. The third-order valence-corrected chi connectivity index (χ3v) is 11.2. The molecule has 17 nitrogen and oxygen atoms in total. The van der Waals surface area contributed by atoms with Crippen LogP contribution in [0.1, 0.15) is 49.6 Å². The highest BCUT2D eigenvalue weighted by molar-refractivity contribution is 8.01. The van der Waals surface area contributed by atoms with E-state index in [1.54, 1.807) is 25.1 Å². The molecule has 1 unspecified atom stereocenters. The minimum atomic E-state index is -1.06. The molecule has 0 aliphatic carbocycles. The van der Waals surface area contributed by atoms with Gasteiger partial charge in [0.25, 0.3) is 17.7 Å². The van der Waals surface area contributed by atoms with E-state index in [4.69, 9.17) is 40.0 Å². The minimum absolute atomic E-state index is 0.0356. The number of rotatable bonds is 22. The van der Waals surface area contributed by atoms with Gasteiger partial charge in [0.1, 0.15) is 24.1 Å². The second-order valence-corrected chi connectivity index (χ2v) is 15.6. The number of carbonyl (C=O) groups is 5. The number of imide groups is 2.